The SMILES string of the molecule is CCC(C)(CCO)Nc1cc2c(cc1N)NC(=O)CC2. The summed E-state index contributed by atoms with van der Waals surface area (Å²) in [5.41, 5.74) is 9.28. The smallest absolute Gasteiger partial charge is 0.224 e. The maximum atomic E-state index is 11.4. The molecule has 1 aliphatic rings. The lowest BCUT2D eigenvalue weighted by Gasteiger charge is -2.31. The molecule has 5 nitrogen and oxygen atoms in total. The average molecular weight is 277 g/mol. The molecule has 2 rings (SSSR count). The van der Waals surface area contributed by atoms with E-state index in [1.807, 2.05) is 12.1 Å². The van der Waals surface area contributed by atoms with Crippen LogP contribution in [0.25, 0.3) is 0 Å². The Morgan fingerprint density at radius 2 is 2.20 bits per heavy atom. The van der Waals surface area contributed by atoms with E-state index in [-0.39, 0.29) is 18.1 Å². The van der Waals surface area contributed by atoms with E-state index in [9.17, 15) is 9.90 Å². The molecule has 1 atom stereocenters. The molecular formula is C15H23N3O2. The molecule has 5 heteroatoms. The highest BCUT2D eigenvalue weighted by molar-refractivity contribution is 5.95. The van der Waals surface area contributed by atoms with Crippen molar-refractivity contribution >= 4 is 23.0 Å². The first kappa shape index (κ1) is 14.7. The molecule has 1 aromatic carbocycles. The van der Waals surface area contributed by atoms with Gasteiger partial charge in [0.05, 0.1) is 11.4 Å². The fraction of sp³-hybridized carbons (Fsp3) is 0.533. The van der Waals surface area contributed by atoms with Crippen molar-refractivity contribution in [2.24, 2.45) is 0 Å². The number of benzene rings is 1. The summed E-state index contributed by atoms with van der Waals surface area (Å²) in [4.78, 5) is 11.4. The van der Waals surface area contributed by atoms with Gasteiger partial charge in [-0.25, -0.2) is 0 Å². The van der Waals surface area contributed by atoms with Crippen LogP contribution < -0.4 is 16.4 Å². The zero-order valence-electron chi connectivity index (χ0n) is 12.1. The number of fused-ring (bicyclic) bond motifs is 1. The van der Waals surface area contributed by atoms with Gasteiger partial charge in [0.15, 0.2) is 0 Å². The molecule has 1 heterocycles. The minimum Gasteiger partial charge on any atom is -0.397 e. The normalized spacial score (nSPS) is 17.1. The van der Waals surface area contributed by atoms with Gasteiger partial charge in [-0.05, 0) is 43.9 Å². The molecule has 0 aliphatic carbocycles. The van der Waals surface area contributed by atoms with Crippen LogP contribution in [0.2, 0.25) is 0 Å². The number of aliphatic hydroxyl groups excluding tert-OH is 1. The Labute approximate surface area is 119 Å². The number of hydrogen-bond acceptors (Lipinski definition) is 4. The molecule has 0 bridgehead atoms. The number of aryl methyl sites for hydroxylation is 1. The highest BCUT2D eigenvalue weighted by Gasteiger charge is 2.23. The number of aliphatic hydroxyl groups is 1. The average Bonchev–Trinajstić information content (AvgIpc) is 2.40. The van der Waals surface area contributed by atoms with Crippen molar-refractivity contribution in [1.29, 1.82) is 0 Å². The highest BCUT2D eigenvalue weighted by Crippen LogP contribution is 2.33. The predicted molar refractivity (Wildman–Crippen MR) is 81.8 cm³/mol. The van der Waals surface area contributed by atoms with Crippen LogP contribution in [-0.4, -0.2) is 23.2 Å². The molecule has 0 saturated heterocycles. The monoisotopic (exact) mass is 277 g/mol. The zero-order chi connectivity index (χ0) is 14.8. The summed E-state index contributed by atoms with van der Waals surface area (Å²) in [5, 5.41) is 15.5. The lowest BCUT2D eigenvalue weighted by atomic mass is 9.93. The van der Waals surface area contributed by atoms with Crippen molar-refractivity contribution in [1.82, 2.24) is 0 Å². The first-order valence-corrected chi connectivity index (χ1v) is 7.09. The van der Waals surface area contributed by atoms with E-state index in [0.29, 0.717) is 18.5 Å². The van der Waals surface area contributed by atoms with E-state index in [1.54, 1.807) is 0 Å². The zero-order valence-corrected chi connectivity index (χ0v) is 12.1. The van der Waals surface area contributed by atoms with Gasteiger partial charge in [0.1, 0.15) is 0 Å². The van der Waals surface area contributed by atoms with E-state index < -0.39 is 0 Å². The van der Waals surface area contributed by atoms with Gasteiger partial charge in [-0.1, -0.05) is 6.92 Å². The van der Waals surface area contributed by atoms with Crippen molar-refractivity contribution in [3.05, 3.63) is 17.7 Å². The van der Waals surface area contributed by atoms with Crippen molar-refractivity contribution in [3.8, 4) is 0 Å². The van der Waals surface area contributed by atoms with Crippen molar-refractivity contribution < 1.29 is 9.90 Å². The summed E-state index contributed by atoms with van der Waals surface area (Å²) in [6.07, 6.45) is 2.80. The summed E-state index contributed by atoms with van der Waals surface area (Å²) in [5.74, 6) is 0.0382. The molecule has 0 fully saturated rings. The number of hydrogen-bond donors (Lipinski definition) is 4. The number of anilines is 3. The lowest BCUT2D eigenvalue weighted by molar-refractivity contribution is -0.116. The maximum Gasteiger partial charge on any atom is 0.224 e. The Kier molecular flexibility index (Phi) is 4.18. The van der Waals surface area contributed by atoms with E-state index in [0.717, 1.165) is 29.8 Å². The molecule has 0 aromatic heterocycles. The van der Waals surface area contributed by atoms with Crippen LogP contribution in [0, 0.1) is 0 Å². The fourth-order valence-corrected chi connectivity index (χ4v) is 2.45. The van der Waals surface area contributed by atoms with Gasteiger partial charge < -0.3 is 21.5 Å². The second-order valence-electron chi connectivity index (χ2n) is 5.66. The molecule has 0 radical (unpaired) electrons. The second-order valence-corrected chi connectivity index (χ2v) is 5.66. The molecule has 5 N–H and O–H groups in total. The third kappa shape index (κ3) is 3.04. The van der Waals surface area contributed by atoms with Crippen LogP contribution >= 0.6 is 0 Å². The molecule has 1 aliphatic heterocycles. The van der Waals surface area contributed by atoms with Gasteiger partial charge in [0, 0.05) is 24.3 Å². The van der Waals surface area contributed by atoms with Gasteiger partial charge in [-0.3, -0.25) is 4.79 Å². The summed E-state index contributed by atoms with van der Waals surface area (Å²) in [7, 11) is 0. The lowest BCUT2D eigenvalue weighted by Crippen LogP contribution is -2.35. The Balaban J connectivity index is 2.27. The van der Waals surface area contributed by atoms with Gasteiger partial charge in [0.25, 0.3) is 0 Å². The van der Waals surface area contributed by atoms with Crippen LogP contribution in [0.5, 0.6) is 0 Å². The molecule has 1 unspecified atom stereocenters. The second kappa shape index (κ2) is 5.71. The first-order valence-electron chi connectivity index (χ1n) is 7.09. The quantitative estimate of drug-likeness (QED) is 0.621. The topological polar surface area (TPSA) is 87.4 Å². The van der Waals surface area contributed by atoms with E-state index in [2.05, 4.69) is 24.5 Å². The number of rotatable bonds is 5. The molecule has 20 heavy (non-hydrogen) atoms. The Morgan fingerprint density at radius 3 is 2.85 bits per heavy atom. The van der Waals surface area contributed by atoms with E-state index >= 15 is 0 Å². The third-order valence-corrected chi connectivity index (χ3v) is 4.05. The van der Waals surface area contributed by atoms with Gasteiger partial charge in [0.2, 0.25) is 5.91 Å². The Morgan fingerprint density at radius 1 is 1.45 bits per heavy atom. The number of amides is 1. The summed E-state index contributed by atoms with van der Waals surface area (Å²) in [6.45, 7) is 4.29. The minimum atomic E-state index is -0.185. The fourth-order valence-electron chi connectivity index (χ4n) is 2.45. The van der Waals surface area contributed by atoms with Crippen LogP contribution in [-0.2, 0) is 11.2 Å². The van der Waals surface area contributed by atoms with Gasteiger partial charge >= 0.3 is 0 Å². The highest BCUT2D eigenvalue weighted by atomic mass is 16.3. The summed E-state index contributed by atoms with van der Waals surface area (Å²) in [6, 6.07) is 3.82. The predicted octanol–water partition coefficient (Wildman–Crippen LogP) is 2.12. The molecule has 0 saturated carbocycles. The number of nitrogen functional groups attached to an aromatic ring is 1. The number of nitrogens with one attached hydrogen (secondary N) is 2. The first-order chi connectivity index (χ1) is 9.47. The van der Waals surface area contributed by atoms with E-state index in [4.69, 9.17) is 5.73 Å². The largest absolute Gasteiger partial charge is 0.397 e. The van der Waals surface area contributed by atoms with Crippen LogP contribution in [0.1, 0.15) is 38.7 Å². The summed E-state index contributed by atoms with van der Waals surface area (Å²) >= 11 is 0. The summed E-state index contributed by atoms with van der Waals surface area (Å²) < 4.78 is 0. The van der Waals surface area contributed by atoms with Crippen LogP contribution in [0.3, 0.4) is 0 Å². The number of carbonyl (C=O) groups excluding carboxylic acids is 1. The standard InChI is InChI=1S/C15H23N3O2/c1-3-15(2,6-7-19)18-13-8-10-4-5-14(20)17-12(10)9-11(13)16/h8-9,18-19H,3-7,16H2,1-2H3,(H,17,20). The van der Waals surface area contributed by atoms with Crippen LogP contribution in [0.4, 0.5) is 17.1 Å². The van der Waals surface area contributed by atoms with Crippen LogP contribution in [0.15, 0.2) is 12.1 Å². The van der Waals surface area contributed by atoms with Crippen molar-refractivity contribution in [2.75, 3.05) is 23.0 Å². The Bertz CT molecular complexity index is 516. The van der Waals surface area contributed by atoms with Crippen molar-refractivity contribution in [2.45, 2.75) is 45.1 Å². The molecule has 1 amide bonds. The molecule has 1 aromatic rings. The maximum absolute atomic E-state index is 11.4. The number of carbonyl (C=O) groups is 1. The molecule has 110 valence electrons. The number of nitrogens with two attached hydrogens (primary N) is 1. The Hall–Kier alpha value is -1.75. The van der Waals surface area contributed by atoms with Crippen molar-refractivity contribution in [3.63, 3.8) is 0 Å². The van der Waals surface area contributed by atoms with E-state index in [1.165, 1.54) is 0 Å². The van der Waals surface area contributed by atoms with Gasteiger partial charge in [-0.15, -0.1) is 0 Å². The minimum absolute atomic E-state index is 0.0382. The third-order valence-electron chi connectivity index (χ3n) is 4.05. The van der Waals surface area contributed by atoms with Gasteiger partial charge in [-0.2, -0.15) is 0 Å². The molecule has 0 spiro atoms. The molecular weight excluding hydrogens is 254 g/mol.